The maximum Gasteiger partial charge on any atom is 0.346 e. The molecule has 1 rings (SSSR count). The van der Waals surface area contributed by atoms with Gasteiger partial charge in [-0.05, 0) is 13.8 Å². The molecular weight excluding hydrogens is 108 g/mol. The van der Waals surface area contributed by atoms with Gasteiger partial charge in [-0.2, -0.15) is 9.78 Å². The summed E-state index contributed by atoms with van der Waals surface area (Å²) in [6.45, 7) is 3.92. The third kappa shape index (κ3) is 1.41. The van der Waals surface area contributed by atoms with E-state index in [9.17, 15) is 0 Å². The maximum absolute atomic E-state index is 5.29. The van der Waals surface area contributed by atoms with Crippen molar-refractivity contribution in [2.24, 2.45) is 5.73 Å². The summed E-state index contributed by atoms with van der Waals surface area (Å²) in [5, 5.41) is 2.83. The van der Waals surface area contributed by atoms with Gasteiger partial charge in [0.05, 0.1) is 0 Å². The Morgan fingerprint density at radius 1 is 1.50 bits per heavy atom. The van der Waals surface area contributed by atoms with Crippen LogP contribution in [0.3, 0.4) is 0 Å². The van der Waals surface area contributed by atoms with E-state index in [2.05, 4.69) is 15.1 Å². The molecule has 0 unspecified atom stereocenters. The normalized spacial score (nSPS) is 24.0. The zero-order valence-electron chi connectivity index (χ0n) is 4.97. The Hall–Kier alpha value is -0.160. The standard InChI is InChI=1S/C4H10N2O2/c1-3(2)6-4(5)7-8-4/h3,6H,5H2,1-2H3. The molecule has 0 amide bonds. The zero-order valence-corrected chi connectivity index (χ0v) is 4.97. The largest absolute Gasteiger partial charge is 0.346 e. The van der Waals surface area contributed by atoms with E-state index in [0.717, 1.165) is 0 Å². The molecule has 0 aliphatic carbocycles. The van der Waals surface area contributed by atoms with Crippen molar-refractivity contribution in [1.29, 1.82) is 0 Å². The van der Waals surface area contributed by atoms with Crippen molar-refractivity contribution < 1.29 is 9.78 Å². The Balaban J connectivity index is 2.19. The Morgan fingerprint density at radius 3 is 2.12 bits per heavy atom. The van der Waals surface area contributed by atoms with Crippen LogP contribution in [0, 0.1) is 0 Å². The van der Waals surface area contributed by atoms with Gasteiger partial charge in [0.1, 0.15) is 0 Å². The second-order valence-corrected chi connectivity index (χ2v) is 2.13. The van der Waals surface area contributed by atoms with Crippen molar-refractivity contribution in [3.63, 3.8) is 0 Å². The van der Waals surface area contributed by atoms with Gasteiger partial charge < -0.3 is 0 Å². The maximum atomic E-state index is 5.29. The highest BCUT2D eigenvalue weighted by molar-refractivity contribution is 4.64. The van der Waals surface area contributed by atoms with Gasteiger partial charge >= 0.3 is 6.03 Å². The molecule has 0 spiro atoms. The molecule has 0 aromatic rings. The molecule has 1 heterocycles. The third-order valence-corrected chi connectivity index (χ3v) is 0.753. The van der Waals surface area contributed by atoms with E-state index < -0.39 is 6.03 Å². The molecule has 0 aromatic carbocycles. The van der Waals surface area contributed by atoms with E-state index in [1.807, 2.05) is 13.8 Å². The molecule has 0 radical (unpaired) electrons. The summed E-state index contributed by atoms with van der Waals surface area (Å²) in [5.74, 6) is 0. The molecule has 1 fully saturated rings. The van der Waals surface area contributed by atoms with Crippen LogP contribution < -0.4 is 11.1 Å². The lowest BCUT2D eigenvalue weighted by Gasteiger charge is -2.05. The summed E-state index contributed by atoms with van der Waals surface area (Å²) in [7, 11) is 0. The highest BCUT2D eigenvalue weighted by atomic mass is 17.4. The van der Waals surface area contributed by atoms with Gasteiger partial charge in [-0.1, -0.05) is 0 Å². The summed E-state index contributed by atoms with van der Waals surface area (Å²) < 4.78 is 0. The van der Waals surface area contributed by atoms with E-state index in [1.165, 1.54) is 0 Å². The average Bonchev–Trinajstić information content (AvgIpc) is 2.17. The van der Waals surface area contributed by atoms with Gasteiger partial charge in [-0.15, -0.1) is 0 Å². The number of hydrogen-bond donors (Lipinski definition) is 2. The Morgan fingerprint density at radius 2 is 2.00 bits per heavy atom. The minimum atomic E-state index is -0.978. The van der Waals surface area contributed by atoms with Crippen molar-refractivity contribution in [3.05, 3.63) is 0 Å². The molecule has 0 aromatic heterocycles. The van der Waals surface area contributed by atoms with E-state index in [1.54, 1.807) is 0 Å². The van der Waals surface area contributed by atoms with Crippen LogP contribution in [0.25, 0.3) is 0 Å². The molecule has 0 bridgehead atoms. The smallest absolute Gasteiger partial charge is 0.262 e. The first-order valence-electron chi connectivity index (χ1n) is 2.56. The zero-order chi connectivity index (χ0) is 6.20. The van der Waals surface area contributed by atoms with Gasteiger partial charge in [0, 0.05) is 6.04 Å². The SMILES string of the molecule is CC(C)NC1(N)OO1. The quantitative estimate of drug-likeness (QED) is 0.292. The van der Waals surface area contributed by atoms with Crippen LogP contribution in [-0.2, 0) is 9.78 Å². The van der Waals surface area contributed by atoms with Crippen LogP contribution in [0.1, 0.15) is 13.8 Å². The Labute approximate surface area is 47.9 Å². The van der Waals surface area contributed by atoms with Gasteiger partial charge in [0.2, 0.25) is 0 Å². The van der Waals surface area contributed by atoms with Crippen LogP contribution in [-0.4, -0.2) is 12.1 Å². The Bertz CT molecular complexity index is 90.0. The summed E-state index contributed by atoms with van der Waals surface area (Å²) >= 11 is 0. The fourth-order valence-electron chi connectivity index (χ4n) is 0.495. The van der Waals surface area contributed by atoms with Crippen LogP contribution in [0.2, 0.25) is 0 Å². The number of nitrogens with one attached hydrogen (secondary N) is 1. The van der Waals surface area contributed by atoms with Gasteiger partial charge in [-0.25, -0.2) is 5.32 Å². The molecule has 4 heteroatoms. The highest BCUT2D eigenvalue weighted by Gasteiger charge is 2.45. The summed E-state index contributed by atoms with van der Waals surface area (Å²) in [6.07, 6.45) is 0. The van der Waals surface area contributed by atoms with Gasteiger partial charge in [0.15, 0.2) is 0 Å². The fraction of sp³-hybridized carbons (Fsp3) is 1.00. The average molecular weight is 118 g/mol. The second-order valence-electron chi connectivity index (χ2n) is 2.13. The molecule has 1 aliphatic rings. The van der Waals surface area contributed by atoms with E-state index in [4.69, 9.17) is 5.73 Å². The van der Waals surface area contributed by atoms with Crippen molar-refractivity contribution in [1.82, 2.24) is 5.32 Å². The molecule has 0 saturated carbocycles. The predicted octanol–water partition coefficient (Wildman–Crippen LogP) is -0.484. The van der Waals surface area contributed by atoms with Crippen molar-refractivity contribution in [2.75, 3.05) is 0 Å². The fourth-order valence-corrected chi connectivity index (χ4v) is 0.495. The Kier molecular flexibility index (Phi) is 1.24. The first-order chi connectivity index (χ1) is 3.62. The first-order valence-corrected chi connectivity index (χ1v) is 2.56. The van der Waals surface area contributed by atoms with Gasteiger partial charge in [-0.3, -0.25) is 5.73 Å². The summed E-state index contributed by atoms with van der Waals surface area (Å²) in [5.41, 5.74) is 5.29. The molecule has 48 valence electrons. The topological polar surface area (TPSA) is 63.1 Å². The van der Waals surface area contributed by atoms with Crippen molar-refractivity contribution in [3.8, 4) is 0 Å². The lowest BCUT2D eigenvalue weighted by atomic mass is 10.4. The monoisotopic (exact) mass is 118 g/mol. The van der Waals surface area contributed by atoms with Gasteiger partial charge in [0.25, 0.3) is 0 Å². The van der Waals surface area contributed by atoms with Crippen LogP contribution in [0.4, 0.5) is 0 Å². The second kappa shape index (κ2) is 1.66. The van der Waals surface area contributed by atoms with E-state index >= 15 is 0 Å². The third-order valence-electron chi connectivity index (χ3n) is 0.753. The molecule has 1 aliphatic heterocycles. The van der Waals surface area contributed by atoms with Crippen molar-refractivity contribution >= 4 is 0 Å². The van der Waals surface area contributed by atoms with Crippen LogP contribution >= 0.6 is 0 Å². The van der Waals surface area contributed by atoms with Crippen LogP contribution in [0.15, 0.2) is 0 Å². The van der Waals surface area contributed by atoms with E-state index in [0.29, 0.717) is 0 Å². The molecular formula is C4H10N2O2. The molecule has 8 heavy (non-hydrogen) atoms. The van der Waals surface area contributed by atoms with Crippen LogP contribution in [0.5, 0.6) is 0 Å². The molecule has 1 saturated heterocycles. The molecule has 0 atom stereocenters. The molecule has 4 nitrogen and oxygen atoms in total. The number of nitrogens with two attached hydrogens (primary N) is 1. The minimum absolute atomic E-state index is 0.280. The summed E-state index contributed by atoms with van der Waals surface area (Å²) in [4.78, 5) is 8.75. The lowest BCUT2D eigenvalue weighted by molar-refractivity contribution is 0.0850. The summed E-state index contributed by atoms with van der Waals surface area (Å²) in [6, 6.07) is -0.698. The molecule has 3 N–H and O–H groups in total. The number of rotatable bonds is 2. The lowest BCUT2D eigenvalue weighted by Crippen LogP contribution is -2.44. The predicted molar refractivity (Wildman–Crippen MR) is 27.4 cm³/mol. The first kappa shape index (κ1) is 5.97. The minimum Gasteiger partial charge on any atom is -0.262 e. The van der Waals surface area contributed by atoms with E-state index in [-0.39, 0.29) is 6.04 Å². The highest BCUT2D eigenvalue weighted by Crippen LogP contribution is 2.18. The number of hydrogen-bond acceptors (Lipinski definition) is 4. The van der Waals surface area contributed by atoms with Crippen molar-refractivity contribution in [2.45, 2.75) is 25.9 Å².